The Labute approximate surface area is 253 Å². The molecule has 2 fully saturated rings. The third kappa shape index (κ3) is 5.40. The third-order valence-corrected chi connectivity index (χ3v) is 8.43. The van der Waals surface area contributed by atoms with E-state index in [9.17, 15) is 14.7 Å². The molecule has 0 radical (unpaired) electrons. The molecule has 4 aromatic rings. The quantitative estimate of drug-likeness (QED) is 0.322. The summed E-state index contributed by atoms with van der Waals surface area (Å²) in [5.74, 6) is -0.338. The number of aromatic nitrogens is 3. The van der Waals surface area contributed by atoms with Gasteiger partial charge in [0.1, 0.15) is 5.82 Å². The number of nitrogens with zero attached hydrogens (tertiary/aromatic N) is 5. The van der Waals surface area contributed by atoms with Crippen molar-refractivity contribution in [1.29, 1.82) is 0 Å². The summed E-state index contributed by atoms with van der Waals surface area (Å²) in [5, 5.41) is 21.8. The number of carbonyl (C=O) groups excluding carboxylic acids is 2. The molecule has 2 amide bonds. The Balaban J connectivity index is 1.12. The van der Waals surface area contributed by atoms with Crippen molar-refractivity contribution in [3.63, 3.8) is 0 Å². The Morgan fingerprint density at radius 3 is 2.61 bits per heavy atom. The van der Waals surface area contributed by atoms with E-state index in [4.69, 9.17) is 4.74 Å². The molecule has 1 aliphatic carbocycles. The standard InChI is InChI=1S/C33H31FN6O4/c34-27-17-23(20-4-5-20)16-22-10-11-40(32(43)30(22)27)29-3-1-2-25(26(29)19-41)28-18-35-38-33(37-28)36-24-8-6-21(7-9-24)31(42)39-12-14-44-15-13-39/h1-3,6-9,16-18,20,41H,4-5,10-15,19H2,(H,36,37,38). The Kier molecular flexibility index (Phi) is 7.49. The molecule has 11 heteroatoms. The van der Waals surface area contributed by atoms with Crippen LogP contribution in [-0.4, -0.2) is 69.9 Å². The number of aliphatic hydroxyl groups excluding tert-OH is 1. The predicted molar refractivity (Wildman–Crippen MR) is 161 cm³/mol. The van der Waals surface area contributed by atoms with Gasteiger partial charge in [-0.1, -0.05) is 18.2 Å². The van der Waals surface area contributed by atoms with Crippen molar-refractivity contribution >= 4 is 29.1 Å². The topological polar surface area (TPSA) is 121 Å². The van der Waals surface area contributed by atoms with Crippen LogP contribution in [0.15, 0.2) is 60.8 Å². The SMILES string of the molecule is O=C(c1ccc(Nc2nncc(-c3cccc(N4CCc5cc(C6CC6)cc(F)c5C4=O)c3CO)n2)cc1)N1CCOCC1. The van der Waals surface area contributed by atoms with E-state index < -0.39 is 11.7 Å². The molecule has 10 nitrogen and oxygen atoms in total. The zero-order valence-electron chi connectivity index (χ0n) is 24.0. The molecule has 1 aromatic heterocycles. The van der Waals surface area contributed by atoms with Gasteiger partial charge in [-0.3, -0.25) is 9.59 Å². The second-order valence-electron chi connectivity index (χ2n) is 11.3. The minimum Gasteiger partial charge on any atom is -0.392 e. The van der Waals surface area contributed by atoms with Gasteiger partial charge in [-0.25, -0.2) is 9.37 Å². The second kappa shape index (κ2) is 11.7. The van der Waals surface area contributed by atoms with E-state index in [0.717, 1.165) is 24.0 Å². The molecule has 2 N–H and O–H groups in total. The van der Waals surface area contributed by atoms with Crippen molar-refractivity contribution in [3.8, 4) is 11.3 Å². The number of amides is 2. The zero-order valence-corrected chi connectivity index (χ0v) is 24.0. The molecule has 0 spiro atoms. The normalized spacial score (nSPS) is 16.5. The zero-order chi connectivity index (χ0) is 30.2. The van der Waals surface area contributed by atoms with Crippen molar-refractivity contribution in [2.75, 3.05) is 43.1 Å². The average molecular weight is 595 g/mol. The molecule has 0 bridgehead atoms. The number of hydrogen-bond acceptors (Lipinski definition) is 8. The minimum absolute atomic E-state index is 0.0439. The number of hydrogen-bond donors (Lipinski definition) is 2. The number of nitrogens with one attached hydrogen (secondary N) is 1. The number of anilines is 3. The highest BCUT2D eigenvalue weighted by molar-refractivity contribution is 6.09. The van der Waals surface area contributed by atoms with Gasteiger partial charge in [0.25, 0.3) is 11.8 Å². The van der Waals surface area contributed by atoms with E-state index in [2.05, 4.69) is 20.5 Å². The molecule has 0 atom stereocenters. The van der Waals surface area contributed by atoms with Gasteiger partial charge in [0.15, 0.2) is 0 Å². The number of benzene rings is 3. The highest BCUT2D eigenvalue weighted by Gasteiger charge is 2.33. The van der Waals surface area contributed by atoms with E-state index in [-0.39, 0.29) is 24.0 Å². The van der Waals surface area contributed by atoms with Crippen molar-refractivity contribution in [1.82, 2.24) is 20.1 Å². The second-order valence-corrected chi connectivity index (χ2v) is 11.3. The van der Waals surface area contributed by atoms with Crippen molar-refractivity contribution < 1.29 is 23.8 Å². The highest BCUT2D eigenvalue weighted by atomic mass is 19.1. The lowest BCUT2D eigenvalue weighted by atomic mass is 9.93. The maximum absolute atomic E-state index is 15.2. The molecule has 224 valence electrons. The van der Waals surface area contributed by atoms with Gasteiger partial charge in [0.05, 0.1) is 43.0 Å². The predicted octanol–water partition coefficient (Wildman–Crippen LogP) is 4.47. The largest absolute Gasteiger partial charge is 0.392 e. The third-order valence-electron chi connectivity index (χ3n) is 8.43. The maximum Gasteiger partial charge on any atom is 0.261 e. The van der Waals surface area contributed by atoms with Gasteiger partial charge in [0.2, 0.25) is 5.95 Å². The number of morpholine rings is 1. The molecule has 44 heavy (non-hydrogen) atoms. The fourth-order valence-corrected chi connectivity index (χ4v) is 5.97. The molecular weight excluding hydrogens is 563 g/mol. The lowest BCUT2D eigenvalue weighted by Crippen LogP contribution is -2.40. The van der Waals surface area contributed by atoms with Gasteiger partial charge >= 0.3 is 0 Å². The number of ether oxygens (including phenoxy) is 1. The Morgan fingerprint density at radius 1 is 1.07 bits per heavy atom. The van der Waals surface area contributed by atoms with Crippen LogP contribution in [0.1, 0.15) is 56.2 Å². The first-order valence-corrected chi connectivity index (χ1v) is 14.8. The summed E-state index contributed by atoms with van der Waals surface area (Å²) in [6.45, 7) is 2.22. The van der Waals surface area contributed by atoms with Crippen LogP contribution in [0, 0.1) is 5.82 Å². The van der Waals surface area contributed by atoms with E-state index in [1.165, 1.54) is 17.2 Å². The van der Waals surface area contributed by atoms with Crippen LogP contribution < -0.4 is 10.2 Å². The number of aliphatic hydroxyl groups is 1. The summed E-state index contributed by atoms with van der Waals surface area (Å²) in [7, 11) is 0. The van der Waals surface area contributed by atoms with Crippen LogP contribution >= 0.6 is 0 Å². The maximum atomic E-state index is 15.2. The molecule has 7 rings (SSSR count). The fourth-order valence-electron chi connectivity index (χ4n) is 5.97. The van der Waals surface area contributed by atoms with Crippen LogP contribution in [0.3, 0.4) is 0 Å². The Bertz CT molecular complexity index is 1740. The number of halogens is 1. The first kappa shape index (κ1) is 28.1. The monoisotopic (exact) mass is 594 g/mol. The molecular formula is C33H31FN6O4. The lowest BCUT2D eigenvalue weighted by Gasteiger charge is -2.31. The summed E-state index contributed by atoms with van der Waals surface area (Å²) < 4.78 is 20.5. The molecule has 2 aliphatic heterocycles. The van der Waals surface area contributed by atoms with Crippen LogP contribution in [0.5, 0.6) is 0 Å². The van der Waals surface area contributed by atoms with E-state index in [1.807, 2.05) is 6.07 Å². The van der Waals surface area contributed by atoms with Crippen LogP contribution in [-0.2, 0) is 17.8 Å². The molecule has 3 aromatic carbocycles. The summed E-state index contributed by atoms with van der Waals surface area (Å²) >= 11 is 0. The number of rotatable bonds is 7. The first-order valence-electron chi connectivity index (χ1n) is 14.8. The van der Waals surface area contributed by atoms with Gasteiger partial charge < -0.3 is 25.0 Å². The van der Waals surface area contributed by atoms with Crippen molar-refractivity contribution in [2.45, 2.75) is 31.8 Å². The number of fused-ring (bicyclic) bond motifs is 1. The van der Waals surface area contributed by atoms with Gasteiger partial charge in [-0.2, -0.15) is 5.10 Å². The molecule has 3 aliphatic rings. The first-order chi connectivity index (χ1) is 21.5. The van der Waals surface area contributed by atoms with E-state index in [1.54, 1.807) is 47.4 Å². The van der Waals surface area contributed by atoms with Crippen LogP contribution in [0.4, 0.5) is 21.7 Å². The fraction of sp³-hybridized carbons (Fsp3) is 0.303. The summed E-state index contributed by atoms with van der Waals surface area (Å²) in [6.07, 6.45) is 4.12. The molecule has 1 saturated carbocycles. The molecule has 3 heterocycles. The van der Waals surface area contributed by atoms with E-state index >= 15 is 4.39 Å². The molecule has 1 saturated heterocycles. The minimum atomic E-state index is -0.491. The van der Waals surface area contributed by atoms with E-state index in [0.29, 0.717) is 78.9 Å². The van der Waals surface area contributed by atoms with Crippen LogP contribution in [0.25, 0.3) is 11.3 Å². The summed E-state index contributed by atoms with van der Waals surface area (Å²) in [6, 6.07) is 15.8. The van der Waals surface area contributed by atoms with Gasteiger partial charge in [0, 0.05) is 42.0 Å². The summed E-state index contributed by atoms with van der Waals surface area (Å²) in [4.78, 5) is 34.3. The van der Waals surface area contributed by atoms with Crippen LogP contribution in [0.2, 0.25) is 0 Å². The average Bonchev–Trinajstić information content (AvgIpc) is 3.91. The van der Waals surface area contributed by atoms with Crippen molar-refractivity contribution in [3.05, 3.63) is 94.4 Å². The van der Waals surface area contributed by atoms with Gasteiger partial charge in [-0.15, -0.1) is 5.10 Å². The Morgan fingerprint density at radius 2 is 1.86 bits per heavy atom. The van der Waals surface area contributed by atoms with Gasteiger partial charge in [-0.05, 0) is 72.7 Å². The lowest BCUT2D eigenvalue weighted by molar-refractivity contribution is 0.0303. The Hall–Kier alpha value is -4.74. The van der Waals surface area contributed by atoms with Crippen molar-refractivity contribution in [2.24, 2.45) is 0 Å². The highest BCUT2D eigenvalue weighted by Crippen LogP contribution is 2.42. The molecule has 0 unspecified atom stereocenters. The summed E-state index contributed by atoms with van der Waals surface area (Å²) in [5.41, 5.74) is 5.06. The smallest absolute Gasteiger partial charge is 0.261 e. The number of carbonyl (C=O) groups is 2.